The number of rotatable bonds is 8. The summed E-state index contributed by atoms with van der Waals surface area (Å²) in [6.45, 7) is 5.51. The van der Waals surface area contributed by atoms with Gasteiger partial charge in [0.15, 0.2) is 0 Å². The van der Waals surface area contributed by atoms with E-state index in [9.17, 15) is 14.4 Å². The fourth-order valence-electron chi connectivity index (χ4n) is 1.76. The largest absolute Gasteiger partial charge is 0.467 e. The normalized spacial score (nSPS) is 13.3. The Labute approximate surface area is 113 Å². The molecule has 0 aliphatic heterocycles. The monoisotopic (exact) mass is 273 g/mol. The molecule has 19 heavy (non-hydrogen) atoms. The van der Waals surface area contributed by atoms with Gasteiger partial charge >= 0.3 is 11.9 Å². The lowest BCUT2D eigenvalue weighted by atomic mass is 9.96. The van der Waals surface area contributed by atoms with Crippen molar-refractivity contribution in [1.82, 2.24) is 5.32 Å². The Kier molecular flexibility index (Phi) is 7.79. The Bertz CT molecular complexity index is 329. The number of ether oxygens (including phenoxy) is 2. The molecule has 0 heterocycles. The number of hydrogen-bond acceptors (Lipinski definition) is 5. The second-order valence-corrected chi connectivity index (χ2v) is 4.43. The number of carbonyl (C=O) groups excluding carboxylic acids is 3. The second kappa shape index (κ2) is 8.50. The number of esters is 2. The molecule has 0 aliphatic carbocycles. The van der Waals surface area contributed by atoms with Crippen molar-refractivity contribution in [3.05, 3.63) is 0 Å². The van der Waals surface area contributed by atoms with Gasteiger partial charge in [0.05, 0.1) is 20.1 Å². The Morgan fingerprint density at radius 2 is 1.79 bits per heavy atom. The van der Waals surface area contributed by atoms with Gasteiger partial charge in [0, 0.05) is 6.42 Å². The molecule has 0 spiro atoms. The van der Waals surface area contributed by atoms with Gasteiger partial charge in [-0.15, -0.1) is 0 Å². The van der Waals surface area contributed by atoms with Crippen LogP contribution in [0.25, 0.3) is 0 Å². The maximum absolute atomic E-state index is 11.7. The van der Waals surface area contributed by atoms with E-state index in [0.29, 0.717) is 6.42 Å². The van der Waals surface area contributed by atoms with Crippen LogP contribution >= 0.6 is 0 Å². The summed E-state index contributed by atoms with van der Waals surface area (Å²) in [4.78, 5) is 34.5. The van der Waals surface area contributed by atoms with Crippen molar-refractivity contribution >= 4 is 17.8 Å². The van der Waals surface area contributed by atoms with E-state index < -0.39 is 17.5 Å². The van der Waals surface area contributed by atoms with Crippen molar-refractivity contribution < 1.29 is 23.9 Å². The van der Waals surface area contributed by atoms with E-state index in [1.807, 2.05) is 6.92 Å². The summed E-state index contributed by atoms with van der Waals surface area (Å²) < 4.78 is 9.42. The molecule has 1 unspecified atom stereocenters. The fourth-order valence-corrected chi connectivity index (χ4v) is 1.76. The van der Waals surface area contributed by atoms with Crippen molar-refractivity contribution in [3.63, 3.8) is 0 Å². The van der Waals surface area contributed by atoms with E-state index >= 15 is 0 Å². The number of amides is 1. The van der Waals surface area contributed by atoms with Crippen molar-refractivity contribution in [1.29, 1.82) is 0 Å². The fraction of sp³-hybridized carbons (Fsp3) is 0.769. The zero-order chi connectivity index (χ0) is 14.9. The van der Waals surface area contributed by atoms with Gasteiger partial charge in [-0.3, -0.25) is 9.59 Å². The van der Waals surface area contributed by atoms with Crippen LogP contribution in [0.4, 0.5) is 0 Å². The van der Waals surface area contributed by atoms with E-state index in [4.69, 9.17) is 4.74 Å². The van der Waals surface area contributed by atoms with Crippen LogP contribution in [-0.2, 0) is 23.9 Å². The standard InChI is InChI=1S/C13H23NO5/c1-5-9-13(3,12(17)18-4)14-10(15)7-8-11(16)19-6-2/h5-9H2,1-4H3,(H,14,15). The minimum atomic E-state index is -1.05. The van der Waals surface area contributed by atoms with Crippen LogP contribution in [0.2, 0.25) is 0 Å². The maximum atomic E-state index is 11.7. The first-order chi connectivity index (χ1) is 8.89. The molecule has 1 amide bonds. The molecule has 1 atom stereocenters. The van der Waals surface area contributed by atoms with Crippen LogP contribution in [0, 0.1) is 0 Å². The third kappa shape index (κ3) is 6.22. The minimum absolute atomic E-state index is 0.00303. The van der Waals surface area contributed by atoms with Crippen LogP contribution in [-0.4, -0.2) is 37.1 Å². The summed E-state index contributed by atoms with van der Waals surface area (Å²) in [7, 11) is 1.28. The van der Waals surface area contributed by atoms with Gasteiger partial charge < -0.3 is 14.8 Å². The molecule has 0 saturated heterocycles. The molecule has 6 nitrogen and oxygen atoms in total. The average Bonchev–Trinajstić information content (AvgIpc) is 2.36. The first-order valence-electron chi connectivity index (χ1n) is 6.44. The predicted molar refractivity (Wildman–Crippen MR) is 69.3 cm³/mol. The molecule has 0 bridgehead atoms. The Balaban J connectivity index is 4.40. The summed E-state index contributed by atoms with van der Waals surface area (Å²) >= 11 is 0. The quantitative estimate of drug-likeness (QED) is 0.671. The summed E-state index contributed by atoms with van der Waals surface area (Å²) in [5.41, 5.74) is -1.05. The molecule has 110 valence electrons. The molecule has 0 aromatic heterocycles. The number of nitrogens with one attached hydrogen (secondary N) is 1. The zero-order valence-electron chi connectivity index (χ0n) is 12.1. The molecule has 0 radical (unpaired) electrons. The SMILES string of the molecule is CCCC(C)(NC(=O)CCC(=O)OCC)C(=O)OC. The average molecular weight is 273 g/mol. The van der Waals surface area contributed by atoms with Crippen LogP contribution < -0.4 is 5.32 Å². The van der Waals surface area contributed by atoms with Gasteiger partial charge in [-0.25, -0.2) is 4.79 Å². The van der Waals surface area contributed by atoms with Gasteiger partial charge in [-0.2, -0.15) is 0 Å². The van der Waals surface area contributed by atoms with Crippen LogP contribution in [0.1, 0.15) is 46.5 Å². The number of carbonyl (C=O) groups is 3. The molecule has 0 aliphatic rings. The number of hydrogen-bond donors (Lipinski definition) is 1. The van der Waals surface area contributed by atoms with E-state index in [1.165, 1.54) is 7.11 Å². The van der Waals surface area contributed by atoms with Crippen molar-refractivity contribution in [2.75, 3.05) is 13.7 Å². The van der Waals surface area contributed by atoms with Crippen LogP contribution in [0.15, 0.2) is 0 Å². The summed E-state index contributed by atoms with van der Waals surface area (Å²) in [6.07, 6.45) is 1.20. The molecule has 0 rings (SSSR count). The number of methoxy groups -OCH3 is 1. The highest BCUT2D eigenvalue weighted by Gasteiger charge is 2.34. The Morgan fingerprint density at radius 1 is 1.16 bits per heavy atom. The third-order valence-corrected chi connectivity index (χ3v) is 2.66. The molecular formula is C13H23NO5. The van der Waals surface area contributed by atoms with E-state index in [2.05, 4.69) is 10.1 Å². The van der Waals surface area contributed by atoms with Crippen molar-refractivity contribution in [2.24, 2.45) is 0 Å². The van der Waals surface area contributed by atoms with Gasteiger partial charge in [0.1, 0.15) is 5.54 Å². The summed E-state index contributed by atoms with van der Waals surface area (Å²) in [5, 5.41) is 2.62. The highest BCUT2D eigenvalue weighted by atomic mass is 16.5. The molecule has 0 aromatic rings. The molecule has 0 fully saturated rings. The maximum Gasteiger partial charge on any atom is 0.331 e. The van der Waals surface area contributed by atoms with Crippen molar-refractivity contribution in [2.45, 2.75) is 52.0 Å². The molecule has 0 aromatic carbocycles. The highest BCUT2D eigenvalue weighted by Crippen LogP contribution is 2.14. The predicted octanol–water partition coefficient (Wildman–Crippen LogP) is 1.18. The first kappa shape index (κ1) is 17.4. The lowest BCUT2D eigenvalue weighted by molar-refractivity contribution is -0.150. The summed E-state index contributed by atoms with van der Waals surface area (Å²) in [5.74, 6) is -1.28. The van der Waals surface area contributed by atoms with Crippen molar-refractivity contribution in [3.8, 4) is 0 Å². The minimum Gasteiger partial charge on any atom is -0.467 e. The van der Waals surface area contributed by atoms with Gasteiger partial charge in [0.25, 0.3) is 0 Å². The van der Waals surface area contributed by atoms with E-state index in [1.54, 1.807) is 13.8 Å². The van der Waals surface area contributed by atoms with E-state index in [-0.39, 0.29) is 25.4 Å². The topological polar surface area (TPSA) is 81.7 Å². The highest BCUT2D eigenvalue weighted by molar-refractivity contribution is 5.88. The first-order valence-corrected chi connectivity index (χ1v) is 6.44. The lowest BCUT2D eigenvalue weighted by Crippen LogP contribution is -2.52. The Morgan fingerprint density at radius 3 is 2.26 bits per heavy atom. The Hall–Kier alpha value is -1.59. The third-order valence-electron chi connectivity index (χ3n) is 2.66. The zero-order valence-corrected chi connectivity index (χ0v) is 12.1. The molecule has 1 N–H and O–H groups in total. The van der Waals surface area contributed by atoms with Crippen LogP contribution in [0.3, 0.4) is 0 Å². The van der Waals surface area contributed by atoms with Crippen LogP contribution in [0.5, 0.6) is 0 Å². The van der Waals surface area contributed by atoms with E-state index in [0.717, 1.165) is 6.42 Å². The van der Waals surface area contributed by atoms with Gasteiger partial charge in [-0.1, -0.05) is 13.3 Å². The summed E-state index contributed by atoms with van der Waals surface area (Å²) in [6, 6.07) is 0. The van der Waals surface area contributed by atoms with Gasteiger partial charge in [0.2, 0.25) is 5.91 Å². The second-order valence-electron chi connectivity index (χ2n) is 4.43. The molecular weight excluding hydrogens is 250 g/mol. The lowest BCUT2D eigenvalue weighted by Gasteiger charge is -2.27. The molecule has 6 heteroatoms. The van der Waals surface area contributed by atoms with Gasteiger partial charge in [-0.05, 0) is 20.3 Å². The molecule has 0 saturated carbocycles. The smallest absolute Gasteiger partial charge is 0.331 e.